The van der Waals surface area contributed by atoms with Gasteiger partial charge in [-0.3, -0.25) is 9.59 Å². The van der Waals surface area contributed by atoms with Crippen molar-refractivity contribution in [2.45, 2.75) is 26.2 Å². The molecule has 102 valence electrons. The smallest absolute Gasteiger partial charge is 0.231 e. The van der Waals surface area contributed by atoms with Crippen molar-refractivity contribution in [3.8, 4) is 0 Å². The number of ketones is 1. The van der Waals surface area contributed by atoms with Crippen LogP contribution in [0.5, 0.6) is 0 Å². The van der Waals surface area contributed by atoms with Crippen LogP contribution in [0.1, 0.15) is 24.5 Å². The molecule has 0 atom stereocenters. The van der Waals surface area contributed by atoms with Crippen molar-refractivity contribution in [2.24, 2.45) is 0 Å². The summed E-state index contributed by atoms with van der Waals surface area (Å²) in [6.45, 7) is 2.99. The number of hydrogen-bond donors (Lipinski definition) is 1. The highest BCUT2D eigenvalue weighted by Gasteiger charge is 2.27. The van der Waals surface area contributed by atoms with Crippen LogP contribution in [0.25, 0.3) is 0 Å². The zero-order chi connectivity index (χ0) is 13.8. The van der Waals surface area contributed by atoms with E-state index in [4.69, 9.17) is 0 Å². The molecule has 1 aliphatic rings. The molecule has 0 saturated carbocycles. The number of fused-ring (bicyclic) bond motifs is 1. The zero-order valence-electron chi connectivity index (χ0n) is 11.5. The molecule has 1 aromatic rings. The second-order valence-corrected chi connectivity index (χ2v) is 4.99. The van der Waals surface area contributed by atoms with Crippen LogP contribution in [0.4, 0.5) is 5.69 Å². The Morgan fingerprint density at radius 2 is 2.21 bits per heavy atom. The Labute approximate surface area is 113 Å². The first-order valence-corrected chi connectivity index (χ1v) is 6.68. The van der Waals surface area contributed by atoms with Gasteiger partial charge in [0.1, 0.15) is 5.78 Å². The molecule has 1 heterocycles. The van der Waals surface area contributed by atoms with Crippen molar-refractivity contribution in [1.82, 2.24) is 5.32 Å². The lowest BCUT2D eigenvalue weighted by Crippen LogP contribution is -2.28. The molecule has 0 fully saturated rings. The largest absolute Gasteiger partial charge is 0.319 e. The minimum Gasteiger partial charge on any atom is -0.319 e. The Kier molecular flexibility index (Phi) is 4.32. The highest BCUT2D eigenvalue weighted by atomic mass is 16.2. The first-order chi connectivity index (χ1) is 9.11. The molecule has 0 bridgehead atoms. The van der Waals surface area contributed by atoms with Crippen molar-refractivity contribution in [2.75, 3.05) is 25.0 Å². The van der Waals surface area contributed by atoms with Gasteiger partial charge in [-0.25, -0.2) is 0 Å². The minimum absolute atomic E-state index is 0.0991. The van der Waals surface area contributed by atoms with E-state index < -0.39 is 0 Å². The van der Waals surface area contributed by atoms with Crippen LogP contribution in [0.15, 0.2) is 18.2 Å². The quantitative estimate of drug-likeness (QED) is 0.839. The van der Waals surface area contributed by atoms with Gasteiger partial charge in [0.05, 0.1) is 6.42 Å². The number of likely N-dealkylation sites (N-methyl/N-ethyl adjacent to an activating group) is 1. The first-order valence-electron chi connectivity index (χ1n) is 6.68. The third-order valence-electron chi connectivity index (χ3n) is 3.43. The van der Waals surface area contributed by atoms with Crippen LogP contribution in [0.3, 0.4) is 0 Å². The van der Waals surface area contributed by atoms with Gasteiger partial charge in [0.2, 0.25) is 5.91 Å². The van der Waals surface area contributed by atoms with E-state index in [1.807, 2.05) is 13.1 Å². The Morgan fingerprint density at radius 1 is 1.42 bits per heavy atom. The molecule has 1 amide bonds. The molecule has 4 nitrogen and oxygen atoms in total. The Hall–Kier alpha value is -1.68. The lowest BCUT2D eigenvalue weighted by Gasteiger charge is -2.16. The molecule has 0 saturated heterocycles. The summed E-state index contributed by atoms with van der Waals surface area (Å²) in [5, 5.41) is 3.12. The van der Waals surface area contributed by atoms with Crippen molar-refractivity contribution >= 4 is 17.4 Å². The minimum atomic E-state index is 0.0991. The van der Waals surface area contributed by atoms with E-state index >= 15 is 0 Å². The second kappa shape index (κ2) is 5.97. The van der Waals surface area contributed by atoms with E-state index in [1.165, 1.54) is 5.56 Å². The van der Waals surface area contributed by atoms with Gasteiger partial charge in [-0.2, -0.15) is 0 Å². The standard InChI is InChI=1S/C15H20N2O2/c1-11(18)6-8-17-14-4-3-12(5-7-16-2)9-13(14)10-15(17)19/h3-4,9,16H,5-8,10H2,1-2H3. The molecule has 0 aromatic heterocycles. The highest BCUT2D eigenvalue weighted by Crippen LogP contribution is 2.29. The van der Waals surface area contributed by atoms with Crippen molar-refractivity contribution < 1.29 is 9.59 Å². The fourth-order valence-corrected chi connectivity index (χ4v) is 2.38. The lowest BCUT2D eigenvalue weighted by atomic mass is 10.1. The normalized spacial score (nSPS) is 13.8. The molecule has 19 heavy (non-hydrogen) atoms. The molecule has 1 N–H and O–H groups in total. The van der Waals surface area contributed by atoms with Crippen LogP contribution in [-0.2, 0) is 22.4 Å². The number of carbonyl (C=O) groups is 2. The second-order valence-electron chi connectivity index (χ2n) is 4.99. The summed E-state index contributed by atoms with van der Waals surface area (Å²) >= 11 is 0. The van der Waals surface area contributed by atoms with Gasteiger partial charge < -0.3 is 10.2 Å². The number of anilines is 1. The molecule has 0 spiro atoms. The monoisotopic (exact) mass is 260 g/mol. The molecular weight excluding hydrogens is 240 g/mol. The fourth-order valence-electron chi connectivity index (χ4n) is 2.38. The predicted octanol–water partition coefficient (Wildman–Crippen LogP) is 1.32. The van der Waals surface area contributed by atoms with E-state index in [2.05, 4.69) is 17.4 Å². The summed E-state index contributed by atoms with van der Waals surface area (Å²) in [6, 6.07) is 6.18. The van der Waals surface area contributed by atoms with Crippen LogP contribution in [-0.4, -0.2) is 31.8 Å². The maximum Gasteiger partial charge on any atom is 0.231 e. The molecule has 2 rings (SSSR count). The number of Topliss-reactive ketones (excluding diaryl/α,β-unsaturated/α-hetero) is 1. The molecule has 1 aliphatic heterocycles. The molecule has 0 aliphatic carbocycles. The highest BCUT2D eigenvalue weighted by molar-refractivity contribution is 6.01. The summed E-state index contributed by atoms with van der Waals surface area (Å²) in [5.41, 5.74) is 3.30. The lowest BCUT2D eigenvalue weighted by molar-refractivity contribution is -0.117. The summed E-state index contributed by atoms with van der Waals surface area (Å²) in [4.78, 5) is 24.8. The maximum absolute atomic E-state index is 12.0. The van der Waals surface area contributed by atoms with Gasteiger partial charge in [-0.05, 0) is 44.1 Å². The van der Waals surface area contributed by atoms with Crippen molar-refractivity contribution in [3.63, 3.8) is 0 Å². The zero-order valence-corrected chi connectivity index (χ0v) is 11.5. The van der Waals surface area contributed by atoms with Crippen LogP contribution in [0, 0.1) is 0 Å². The van der Waals surface area contributed by atoms with Gasteiger partial charge in [0.25, 0.3) is 0 Å². The van der Waals surface area contributed by atoms with Crippen molar-refractivity contribution in [3.05, 3.63) is 29.3 Å². The first kappa shape index (κ1) is 13.7. The number of hydrogen-bond acceptors (Lipinski definition) is 3. The molecule has 1 aromatic carbocycles. The fraction of sp³-hybridized carbons (Fsp3) is 0.467. The van der Waals surface area contributed by atoms with Gasteiger partial charge in [0, 0.05) is 18.7 Å². The van der Waals surface area contributed by atoms with Gasteiger partial charge in [-0.1, -0.05) is 12.1 Å². The van der Waals surface area contributed by atoms with Crippen molar-refractivity contribution in [1.29, 1.82) is 0 Å². The van der Waals surface area contributed by atoms with Gasteiger partial charge in [-0.15, -0.1) is 0 Å². The van der Waals surface area contributed by atoms with E-state index in [9.17, 15) is 9.59 Å². The summed E-state index contributed by atoms with van der Waals surface area (Å²) in [7, 11) is 1.93. The van der Waals surface area contributed by atoms with E-state index in [-0.39, 0.29) is 11.7 Å². The van der Waals surface area contributed by atoms with Crippen LogP contribution >= 0.6 is 0 Å². The van der Waals surface area contributed by atoms with Crippen LogP contribution in [0.2, 0.25) is 0 Å². The van der Waals surface area contributed by atoms with Gasteiger partial charge >= 0.3 is 0 Å². The number of nitrogens with zero attached hydrogens (tertiary/aromatic N) is 1. The third kappa shape index (κ3) is 3.20. The Bertz CT molecular complexity index is 497. The number of nitrogens with one attached hydrogen (secondary N) is 1. The van der Waals surface area contributed by atoms with Crippen LogP contribution < -0.4 is 10.2 Å². The molecule has 0 radical (unpaired) electrons. The van der Waals surface area contributed by atoms with E-state index in [1.54, 1.807) is 11.8 Å². The Balaban J connectivity index is 2.13. The topological polar surface area (TPSA) is 49.4 Å². The maximum atomic E-state index is 12.0. The van der Waals surface area contributed by atoms with Gasteiger partial charge in [0.15, 0.2) is 0 Å². The number of amides is 1. The summed E-state index contributed by atoms with van der Waals surface area (Å²) in [5.74, 6) is 0.217. The summed E-state index contributed by atoms with van der Waals surface area (Å²) < 4.78 is 0. The average Bonchev–Trinajstić information content (AvgIpc) is 2.68. The average molecular weight is 260 g/mol. The number of benzene rings is 1. The number of carbonyl (C=O) groups excluding carboxylic acids is 2. The third-order valence-corrected chi connectivity index (χ3v) is 3.43. The van der Waals surface area contributed by atoms with E-state index in [0.29, 0.717) is 19.4 Å². The molecule has 0 unspecified atom stereocenters. The summed E-state index contributed by atoms with van der Waals surface area (Å²) in [6.07, 6.45) is 1.85. The van der Waals surface area contributed by atoms with E-state index in [0.717, 1.165) is 24.2 Å². The Morgan fingerprint density at radius 3 is 2.89 bits per heavy atom. The predicted molar refractivity (Wildman–Crippen MR) is 75.4 cm³/mol. The molecular formula is C15H20N2O2. The number of rotatable bonds is 6. The SMILES string of the molecule is CNCCc1ccc2c(c1)CC(=O)N2CCC(C)=O. The molecule has 4 heteroatoms.